The minimum absolute atomic E-state index is 0.410. The first-order valence-corrected chi connectivity index (χ1v) is 10.3. The number of ether oxygens (including phenoxy) is 1. The van der Waals surface area contributed by atoms with Crippen molar-refractivity contribution in [3.05, 3.63) is 72.1 Å². The summed E-state index contributed by atoms with van der Waals surface area (Å²) in [6, 6.07) is 17.0. The van der Waals surface area contributed by atoms with Crippen LogP contribution in [0.4, 0.5) is 16.4 Å². The number of nitrogens with one attached hydrogen (secondary N) is 1. The van der Waals surface area contributed by atoms with E-state index in [1.807, 2.05) is 57.2 Å². The van der Waals surface area contributed by atoms with Crippen molar-refractivity contribution < 1.29 is 9.53 Å². The van der Waals surface area contributed by atoms with Gasteiger partial charge in [0.2, 0.25) is 0 Å². The number of anilines is 2. The Labute approximate surface area is 192 Å². The largest absolute Gasteiger partial charge is 0.444 e. The minimum Gasteiger partial charge on any atom is -0.444 e. The average Bonchev–Trinajstić information content (AvgIpc) is 2.77. The Balaban J connectivity index is 0.000000203. The number of nitrogens with zero attached hydrogens (tertiary/aromatic N) is 3. The smallest absolute Gasteiger partial charge is 0.407 e. The number of nitriles is 1. The lowest BCUT2D eigenvalue weighted by atomic mass is 10.1. The van der Waals surface area contributed by atoms with Gasteiger partial charge in [0.05, 0.1) is 11.6 Å². The number of carbonyl (C=O) groups excluding carboxylic acids is 1. The molecule has 1 amide bonds. The number of rotatable bonds is 2. The molecular formula is C25H26N6O2. The van der Waals surface area contributed by atoms with Crippen LogP contribution in [0.3, 0.4) is 0 Å². The van der Waals surface area contributed by atoms with E-state index < -0.39 is 11.7 Å². The SMILES string of the molecule is CC(C)(C)OC(=O)NCc1ccc2c(N)nccc2c1.N#Cc1ccc2c(N)nccc2c1. The highest BCUT2D eigenvalue weighted by molar-refractivity contribution is 5.92. The summed E-state index contributed by atoms with van der Waals surface area (Å²) in [6.07, 6.45) is 2.88. The molecule has 0 saturated heterocycles. The van der Waals surface area contributed by atoms with Crippen molar-refractivity contribution in [2.75, 3.05) is 11.5 Å². The van der Waals surface area contributed by atoms with Gasteiger partial charge in [0, 0.05) is 29.7 Å². The summed E-state index contributed by atoms with van der Waals surface area (Å²) in [5.74, 6) is 1.01. The summed E-state index contributed by atoms with van der Waals surface area (Å²) >= 11 is 0. The molecule has 2 aromatic carbocycles. The third-order valence-corrected chi connectivity index (χ3v) is 4.62. The summed E-state index contributed by atoms with van der Waals surface area (Å²) in [4.78, 5) is 19.6. The van der Waals surface area contributed by atoms with Crippen molar-refractivity contribution in [3.63, 3.8) is 0 Å². The zero-order valence-corrected chi connectivity index (χ0v) is 18.8. The predicted octanol–water partition coefficient (Wildman–Crippen LogP) is 4.53. The number of nitrogens with two attached hydrogens (primary N) is 2. The number of fused-ring (bicyclic) bond motifs is 2. The van der Waals surface area contributed by atoms with Crippen molar-refractivity contribution >= 4 is 39.3 Å². The summed E-state index contributed by atoms with van der Waals surface area (Å²) in [7, 11) is 0. The monoisotopic (exact) mass is 442 g/mol. The normalized spacial score (nSPS) is 10.7. The first kappa shape index (κ1) is 23.3. The molecule has 2 aromatic heterocycles. The molecule has 8 heteroatoms. The van der Waals surface area contributed by atoms with Crippen LogP contribution < -0.4 is 16.8 Å². The van der Waals surface area contributed by atoms with Gasteiger partial charge in [0.15, 0.2) is 0 Å². The number of nitrogen functional groups attached to an aromatic ring is 2. The van der Waals surface area contributed by atoms with Crippen LogP contribution in [0.5, 0.6) is 0 Å². The number of carbonyl (C=O) groups is 1. The molecule has 0 aliphatic rings. The lowest BCUT2D eigenvalue weighted by molar-refractivity contribution is 0.0523. The molecule has 0 aliphatic carbocycles. The van der Waals surface area contributed by atoms with E-state index in [9.17, 15) is 4.79 Å². The molecule has 4 rings (SSSR count). The fourth-order valence-corrected chi connectivity index (χ4v) is 3.12. The summed E-state index contributed by atoms with van der Waals surface area (Å²) in [5.41, 5.74) is 12.6. The Morgan fingerprint density at radius 1 is 0.970 bits per heavy atom. The fraction of sp³-hybridized carbons (Fsp3) is 0.200. The standard InChI is InChI=1S/C15H19N3O2.C10H7N3/c1-15(2,3)20-14(19)18-9-10-4-5-12-11(8-10)6-7-17-13(12)16;11-6-7-1-2-9-8(5-7)3-4-13-10(9)12/h4-8H,9H2,1-3H3,(H2,16,17)(H,18,19);1-5H,(H2,12,13). The van der Waals surface area contributed by atoms with Crippen molar-refractivity contribution in [3.8, 4) is 6.07 Å². The second kappa shape index (κ2) is 9.83. The van der Waals surface area contributed by atoms with Gasteiger partial charge in [-0.3, -0.25) is 0 Å². The van der Waals surface area contributed by atoms with Gasteiger partial charge in [-0.05, 0) is 73.5 Å². The third kappa shape index (κ3) is 6.31. The van der Waals surface area contributed by atoms with Crippen LogP contribution in [0.15, 0.2) is 60.9 Å². The molecule has 33 heavy (non-hydrogen) atoms. The van der Waals surface area contributed by atoms with Crippen molar-refractivity contribution in [2.45, 2.75) is 32.9 Å². The maximum atomic E-state index is 11.6. The van der Waals surface area contributed by atoms with Crippen LogP contribution in [0, 0.1) is 11.3 Å². The number of pyridine rings is 2. The second-order valence-electron chi connectivity index (χ2n) is 8.35. The molecule has 0 bridgehead atoms. The van der Waals surface area contributed by atoms with Crippen molar-refractivity contribution in [1.29, 1.82) is 5.26 Å². The Morgan fingerprint density at radius 3 is 2.12 bits per heavy atom. The molecule has 5 N–H and O–H groups in total. The lowest BCUT2D eigenvalue weighted by Gasteiger charge is -2.19. The zero-order valence-electron chi connectivity index (χ0n) is 18.8. The Morgan fingerprint density at radius 2 is 1.55 bits per heavy atom. The quantitative estimate of drug-likeness (QED) is 0.414. The van der Waals surface area contributed by atoms with Crippen LogP contribution in [0.1, 0.15) is 31.9 Å². The van der Waals surface area contributed by atoms with Crippen LogP contribution >= 0.6 is 0 Å². The van der Waals surface area contributed by atoms with Gasteiger partial charge in [-0.15, -0.1) is 0 Å². The number of aromatic nitrogens is 2. The molecule has 0 aliphatic heterocycles. The topological polar surface area (TPSA) is 140 Å². The Kier molecular flexibility index (Phi) is 6.94. The molecule has 2 heterocycles. The van der Waals surface area contributed by atoms with E-state index in [4.69, 9.17) is 21.5 Å². The predicted molar refractivity (Wildman–Crippen MR) is 130 cm³/mol. The summed E-state index contributed by atoms with van der Waals surface area (Å²) in [5, 5.41) is 15.1. The number of alkyl carbamates (subject to hydrolysis) is 1. The van der Waals surface area contributed by atoms with E-state index in [0.29, 0.717) is 23.7 Å². The van der Waals surface area contributed by atoms with Crippen LogP contribution in [0.25, 0.3) is 21.5 Å². The maximum Gasteiger partial charge on any atom is 0.407 e. The number of benzene rings is 2. The van der Waals surface area contributed by atoms with Gasteiger partial charge >= 0.3 is 6.09 Å². The van der Waals surface area contributed by atoms with E-state index >= 15 is 0 Å². The highest BCUT2D eigenvalue weighted by Gasteiger charge is 2.15. The van der Waals surface area contributed by atoms with E-state index in [1.165, 1.54) is 0 Å². The van der Waals surface area contributed by atoms with Gasteiger partial charge in [0.25, 0.3) is 0 Å². The number of amides is 1. The van der Waals surface area contributed by atoms with Gasteiger partial charge in [-0.1, -0.05) is 12.1 Å². The number of hydrogen-bond donors (Lipinski definition) is 3. The van der Waals surface area contributed by atoms with Crippen LogP contribution in [-0.4, -0.2) is 21.7 Å². The molecule has 0 spiro atoms. The van der Waals surface area contributed by atoms with Crippen LogP contribution in [-0.2, 0) is 11.3 Å². The van der Waals surface area contributed by atoms with Crippen molar-refractivity contribution in [1.82, 2.24) is 15.3 Å². The lowest BCUT2D eigenvalue weighted by Crippen LogP contribution is -2.32. The van der Waals surface area contributed by atoms with Gasteiger partial charge < -0.3 is 21.5 Å². The molecule has 0 saturated carbocycles. The van der Waals surface area contributed by atoms with E-state index in [1.54, 1.807) is 24.5 Å². The molecule has 0 atom stereocenters. The molecule has 0 radical (unpaired) electrons. The molecule has 168 valence electrons. The zero-order chi connectivity index (χ0) is 24.0. The molecule has 0 fully saturated rings. The van der Waals surface area contributed by atoms with E-state index in [2.05, 4.69) is 21.4 Å². The molecule has 4 aromatic rings. The highest BCUT2D eigenvalue weighted by atomic mass is 16.6. The van der Waals surface area contributed by atoms with Crippen molar-refractivity contribution in [2.24, 2.45) is 0 Å². The fourth-order valence-electron chi connectivity index (χ4n) is 3.12. The second-order valence-corrected chi connectivity index (χ2v) is 8.35. The number of hydrogen-bond acceptors (Lipinski definition) is 7. The molecular weight excluding hydrogens is 416 g/mol. The van der Waals surface area contributed by atoms with E-state index in [-0.39, 0.29) is 0 Å². The average molecular weight is 443 g/mol. The Hall–Kier alpha value is -4.38. The maximum absolute atomic E-state index is 11.6. The first-order chi connectivity index (χ1) is 15.7. The van der Waals surface area contributed by atoms with Gasteiger partial charge in [0.1, 0.15) is 17.2 Å². The van der Waals surface area contributed by atoms with E-state index in [0.717, 1.165) is 27.1 Å². The minimum atomic E-state index is -0.492. The molecule has 8 nitrogen and oxygen atoms in total. The summed E-state index contributed by atoms with van der Waals surface area (Å²) in [6.45, 7) is 5.90. The van der Waals surface area contributed by atoms with Gasteiger partial charge in [-0.25, -0.2) is 14.8 Å². The summed E-state index contributed by atoms with van der Waals surface area (Å²) < 4.78 is 5.19. The highest BCUT2D eigenvalue weighted by Crippen LogP contribution is 2.20. The molecule has 0 unspecified atom stereocenters. The van der Waals surface area contributed by atoms with Gasteiger partial charge in [-0.2, -0.15) is 5.26 Å². The first-order valence-electron chi connectivity index (χ1n) is 10.3. The third-order valence-electron chi connectivity index (χ3n) is 4.62. The Bertz CT molecular complexity index is 1340. The van der Waals surface area contributed by atoms with Crippen LogP contribution in [0.2, 0.25) is 0 Å².